The van der Waals surface area contributed by atoms with Gasteiger partial charge in [0.15, 0.2) is 5.69 Å². The van der Waals surface area contributed by atoms with E-state index in [1.807, 2.05) is 13.8 Å². The highest BCUT2D eigenvalue weighted by atomic mass is 16.5. The third kappa shape index (κ3) is 3.14. The maximum Gasteiger partial charge on any atom is 0.358 e. The normalized spacial score (nSPS) is 8.54. The summed E-state index contributed by atoms with van der Waals surface area (Å²) in [6.07, 6.45) is 2.70. The second-order valence-corrected chi connectivity index (χ2v) is 1.91. The molecule has 0 aliphatic heterocycles. The number of nitrogens with two attached hydrogens (primary N) is 1. The molecule has 0 amide bonds. The van der Waals surface area contributed by atoms with E-state index in [-0.39, 0.29) is 5.69 Å². The molecule has 0 spiro atoms. The number of carbonyl (C=O) groups is 1. The summed E-state index contributed by atoms with van der Waals surface area (Å²) in [5.41, 5.74) is 0.256. The molecule has 0 aromatic carbocycles. The Morgan fingerprint density at radius 1 is 1.69 bits per heavy atom. The minimum absolute atomic E-state index is 0.256. The van der Waals surface area contributed by atoms with Crippen LogP contribution in [0.15, 0.2) is 12.5 Å². The fourth-order valence-corrected chi connectivity index (χ4v) is 0.668. The van der Waals surface area contributed by atoms with Crippen molar-refractivity contribution in [3.8, 4) is 0 Å². The number of nitrogen functional groups attached to an aromatic ring is 1. The van der Waals surface area contributed by atoms with Gasteiger partial charge in [0.05, 0.1) is 12.8 Å². The molecule has 0 atom stereocenters. The van der Waals surface area contributed by atoms with Crippen LogP contribution in [0.25, 0.3) is 0 Å². The van der Waals surface area contributed by atoms with Gasteiger partial charge in [0.1, 0.15) is 6.33 Å². The highest BCUT2D eigenvalue weighted by Gasteiger charge is 2.09. The number of ether oxygens (including phenoxy) is 1. The lowest BCUT2D eigenvalue weighted by Gasteiger charge is -2.00. The number of aromatic nitrogens is 2. The fraction of sp³-hybridized carbons (Fsp3) is 0.500. The van der Waals surface area contributed by atoms with Crippen LogP contribution in [0.3, 0.4) is 0 Å². The van der Waals surface area contributed by atoms with Crippen LogP contribution in [0, 0.1) is 0 Å². The van der Waals surface area contributed by atoms with Crippen LogP contribution in [0.5, 0.6) is 0 Å². The van der Waals surface area contributed by atoms with Gasteiger partial charge in [-0.2, -0.15) is 0 Å². The smallest absolute Gasteiger partial charge is 0.358 e. The predicted molar refractivity (Wildman–Crippen MR) is 49.7 cm³/mol. The van der Waals surface area contributed by atoms with Crippen LogP contribution >= 0.6 is 0 Å². The number of rotatable bonds is 2. The largest absolute Gasteiger partial charge is 0.461 e. The van der Waals surface area contributed by atoms with Crippen molar-refractivity contribution in [2.75, 3.05) is 12.4 Å². The Morgan fingerprint density at radius 2 is 2.31 bits per heavy atom. The first-order chi connectivity index (χ1) is 6.25. The van der Waals surface area contributed by atoms with Crippen molar-refractivity contribution in [2.45, 2.75) is 20.8 Å². The molecule has 0 unspecified atom stereocenters. The molecule has 1 rings (SSSR count). The Kier molecular flexibility index (Phi) is 5.34. The van der Waals surface area contributed by atoms with Gasteiger partial charge in [-0.25, -0.2) is 14.5 Å². The van der Waals surface area contributed by atoms with E-state index in [1.165, 1.54) is 12.5 Å². The van der Waals surface area contributed by atoms with Crippen LogP contribution < -0.4 is 5.84 Å². The Balaban J connectivity index is 0.000000671. The maximum absolute atomic E-state index is 11.0. The summed E-state index contributed by atoms with van der Waals surface area (Å²) in [5, 5.41) is 0. The lowest BCUT2D eigenvalue weighted by atomic mass is 10.5. The van der Waals surface area contributed by atoms with Crippen LogP contribution in [-0.2, 0) is 4.74 Å². The van der Waals surface area contributed by atoms with Crippen LogP contribution in [0.2, 0.25) is 0 Å². The molecular weight excluding hydrogens is 170 g/mol. The third-order valence-electron chi connectivity index (χ3n) is 1.15. The number of hydrogen-bond acceptors (Lipinski definition) is 4. The van der Waals surface area contributed by atoms with Crippen LogP contribution in [0.1, 0.15) is 31.3 Å². The monoisotopic (exact) mass is 185 g/mol. The van der Waals surface area contributed by atoms with Gasteiger partial charge in [0.2, 0.25) is 0 Å². The Labute approximate surface area is 77.5 Å². The summed E-state index contributed by atoms with van der Waals surface area (Å²) in [5.74, 6) is 4.87. The molecule has 0 saturated carbocycles. The number of hydrogen-bond donors (Lipinski definition) is 1. The van der Waals surface area contributed by atoms with E-state index in [0.29, 0.717) is 6.61 Å². The van der Waals surface area contributed by atoms with Crippen molar-refractivity contribution < 1.29 is 9.53 Å². The molecule has 5 heteroatoms. The molecule has 5 nitrogen and oxygen atoms in total. The van der Waals surface area contributed by atoms with Crippen LogP contribution in [0.4, 0.5) is 0 Å². The zero-order valence-electron chi connectivity index (χ0n) is 8.15. The summed E-state index contributed by atoms with van der Waals surface area (Å²) in [6.45, 7) is 6.07. The quantitative estimate of drug-likeness (QED) is 0.546. The van der Waals surface area contributed by atoms with Gasteiger partial charge in [-0.15, -0.1) is 0 Å². The van der Waals surface area contributed by atoms with Crippen molar-refractivity contribution in [2.24, 2.45) is 0 Å². The van der Waals surface area contributed by atoms with Crippen LogP contribution in [-0.4, -0.2) is 22.2 Å². The second kappa shape index (κ2) is 6.05. The molecule has 0 radical (unpaired) electrons. The van der Waals surface area contributed by atoms with E-state index in [9.17, 15) is 4.79 Å². The summed E-state index contributed by atoms with van der Waals surface area (Å²) < 4.78 is 5.81. The van der Waals surface area contributed by atoms with Gasteiger partial charge in [-0.3, -0.25) is 0 Å². The molecule has 0 bridgehead atoms. The van der Waals surface area contributed by atoms with Gasteiger partial charge in [-0.05, 0) is 6.92 Å². The molecule has 2 N–H and O–H groups in total. The van der Waals surface area contributed by atoms with E-state index in [4.69, 9.17) is 5.84 Å². The van der Waals surface area contributed by atoms with Gasteiger partial charge in [-0.1, -0.05) is 13.8 Å². The first-order valence-electron chi connectivity index (χ1n) is 4.20. The van der Waals surface area contributed by atoms with Crippen molar-refractivity contribution in [3.05, 3.63) is 18.2 Å². The highest BCUT2D eigenvalue weighted by molar-refractivity contribution is 5.87. The average Bonchev–Trinajstić information content (AvgIpc) is 2.55. The van der Waals surface area contributed by atoms with Gasteiger partial charge >= 0.3 is 5.97 Å². The van der Waals surface area contributed by atoms with Gasteiger partial charge < -0.3 is 10.6 Å². The zero-order chi connectivity index (χ0) is 10.3. The average molecular weight is 185 g/mol. The summed E-state index contributed by atoms with van der Waals surface area (Å²) >= 11 is 0. The summed E-state index contributed by atoms with van der Waals surface area (Å²) in [7, 11) is 0. The van der Waals surface area contributed by atoms with E-state index in [2.05, 4.69) is 9.72 Å². The van der Waals surface area contributed by atoms with E-state index < -0.39 is 5.97 Å². The highest BCUT2D eigenvalue weighted by Crippen LogP contribution is 1.96. The Hall–Kier alpha value is -1.52. The van der Waals surface area contributed by atoms with Crippen molar-refractivity contribution in [1.29, 1.82) is 0 Å². The first kappa shape index (κ1) is 11.5. The molecule has 13 heavy (non-hydrogen) atoms. The topological polar surface area (TPSA) is 70.1 Å². The Bertz CT molecular complexity index is 258. The molecule has 1 aromatic rings. The minimum atomic E-state index is -0.451. The van der Waals surface area contributed by atoms with E-state index in [1.54, 1.807) is 6.92 Å². The molecule has 0 saturated heterocycles. The number of carbonyl (C=O) groups excluding carboxylic acids is 1. The molecule has 0 fully saturated rings. The second-order valence-electron chi connectivity index (χ2n) is 1.91. The summed E-state index contributed by atoms with van der Waals surface area (Å²) in [4.78, 5) is 14.6. The maximum atomic E-state index is 11.0. The lowest BCUT2D eigenvalue weighted by molar-refractivity contribution is 0.0516. The first-order valence-corrected chi connectivity index (χ1v) is 4.20. The molecule has 0 aliphatic carbocycles. The third-order valence-corrected chi connectivity index (χ3v) is 1.15. The molecule has 1 aromatic heterocycles. The molecule has 1 heterocycles. The molecule has 0 aliphatic rings. The molecular formula is C8H15N3O2. The van der Waals surface area contributed by atoms with Gasteiger partial charge in [0, 0.05) is 0 Å². The number of nitrogens with zero attached hydrogens (tertiary/aromatic N) is 2. The van der Waals surface area contributed by atoms with Gasteiger partial charge in [0.25, 0.3) is 0 Å². The Morgan fingerprint density at radius 3 is 2.69 bits per heavy atom. The minimum Gasteiger partial charge on any atom is -0.461 e. The predicted octanol–water partition coefficient (Wildman–Crippen LogP) is 0.800. The fourth-order valence-electron chi connectivity index (χ4n) is 0.668. The lowest BCUT2D eigenvalue weighted by Crippen LogP contribution is -2.16. The van der Waals surface area contributed by atoms with E-state index >= 15 is 0 Å². The van der Waals surface area contributed by atoms with Crippen molar-refractivity contribution >= 4 is 5.97 Å². The standard InChI is InChI=1S/C6H9N3O2.C2H6/c1-2-11-6(10)5-3-8-4-9(5)7;1-2/h3-4H,2,7H2,1H3;1-2H3. The number of esters is 1. The van der Waals surface area contributed by atoms with E-state index in [0.717, 1.165) is 4.68 Å². The summed E-state index contributed by atoms with van der Waals surface area (Å²) in [6, 6.07) is 0. The number of imidazole rings is 1. The van der Waals surface area contributed by atoms with Crippen molar-refractivity contribution in [1.82, 2.24) is 9.66 Å². The zero-order valence-corrected chi connectivity index (χ0v) is 8.15. The SMILES string of the molecule is CC.CCOC(=O)c1cncn1N. The van der Waals surface area contributed by atoms with Crippen molar-refractivity contribution in [3.63, 3.8) is 0 Å². The molecule has 74 valence electrons.